The Morgan fingerprint density at radius 3 is 2.94 bits per heavy atom. The van der Waals surface area contributed by atoms with Gasteiger partial charge >= 0.3 is 0 Å². The van der Waals surface area contributed by atoms with Gasteiger partial charge in [0.2, 0.25) is 0 Å². The number of fused-ring (bicyclic) bond motifs is 1. The van der Waals surface area contributed by atoms with E-state index in [-0.39, 0.29) is 5.91 Å². The number of nitrogens with zero attached hydrogens (tertiary/aromatic N) is 1. The standard InChI is InChI=1S/C10H12N4OS/c1-6(9(15)14-11)12-10-13-7-4-2-3-5-8(7)16-10/h2-6H,11H2,1H3,(H,12,13)(H,14,15)/t6-/m0/s1. The van der Waals surface area contributed by atoms with Crippen molar-refractivity contribution in [2.45, 2.75) is 13.0 Å². The van der Waals surface area contributed by atoms with E-state index in [1.165, 1.54) is 11.3 Å². The number of hydrogen-bond acceptors (Lipinski definition) is 5. The largest absolute Gasteiger partial charge is 0.350 e. The van der Waals surface area contributed by atoms with Crippen molar-refractivity contribution in [3.63, 3.8) is 0 Å². The number of para-hydroxylation sites is 1. The highest BCUT2D eigenvalue weighted by Gasteiger charge is 2.12. The molecule has 1 amide bonds. The SMILES string of the molecule is C[C@H](Nc1nc2ccccc2s1)C(=O)NN. The topological polar surface area (TPSA) is 80.0 Å². The maximum Gasteiger partial charge on any atom is 0.256 e. The third-order valence-corrected chi connectivity index (χ3v) is 3.14. The van der Waals surface area contributed by atoms with E-state index in [0.717, 1.165) is 15.3 Å². The van der Waals surface area contributed by atoms with E-state index in [0.29, 0.717) is 0 Å². The Hall–Kier alpha value is -1.66. The molecule has 16 heavy (non-hydrogen) atoms. The van der Waals surface area contributed by atoms with E-state index in [2.05, 4.69) is 15.7 Å². The van der Waals surface area contributed by atoms with Gasteiger partial charge in [0.1, 0.15) is 6.04 Å². The normalized spacial score (nSPS) is 12.4. The van der Waals surface area contributed by atoms with Gasteiger partial charge in [-0.25, -0.2) is 10.8 Å². The highest BCUT2D eigenvalue weighted by atomic mass is 32.1. The van der Waals surface area contributed by atoms with Crippen LogP contribution in [0.3, 0.4) is 0 Å². The second-order valence-electron chi connectivity index (χ2n) is 3.36. The summed E-state index contributed by atoms with van der Waals surface area (Å²) in [5, 5.41) is 3.72. The monoisotopic (exact) mass is 236 g/mol. The van der Waals surface area contributed by atoms with Crippen LogP contribution in [0.1, 0.15) is 6.92 Å². The van der Waals surface area contributed by atoms with Gasteiger partial charge in [0.25, 0.3) is 5.91 Å². The molecule has 4 N–H and O–H groups in total. The van der Waals surface area contributed by atoms with Crippen molar-refractivity contribution in [3.8, 4) is 0 Å². The van der Waals surface area contributed by atoms with Crippen LogP contribution in [0, 0.1) is 0 Å². The van der Waals surface area contributed by atoms with Crippen LogP contribution >= 0.6 is 11.3 Å². The van der Waals surface area contributed by atoms with E-state index in [1.54, 1.807) is 6.92 Å². The zero-order chi connectivity index (χ0) is 11.5. The molecule has 0 unspecified atom stereocenters. The fraction of sp³-hybridized carbons (Fsp3) is 0.200. The average molecular weight is 236 g/mol. The summed E-state index contributed by atoms with van der Waals surface area (Å²) in [4.78, 5) is 15.6. The summed E-state index contributed by atoms with van der Waals surface area (Å²) in [7, 11) is 0. The Labute approximate surface area is 96.6 Å². The molecule has 0 aliphatic carbocycles. The van der Waals surface area contributed by atoms with Crippen molar-refractivity contribution in [2.75, 3.05) is 5.32 Å². The zero-order valence-corrected chi connectivity index (χ0v) is 9.54. The van der Waals surface area contributed by atoms with Crippen LogP contribution in [-0.2, 0) is 4.79 Å². The first-order chi connectivity index (χ1) is 7.70. The number of nitrogens with one attached hydrogen (secondary N) is 2. The maximum absolute atomic E-state index is 11.2. The summed E-state index contributed by atoms with van der Waals surface area (Å²) in [5.74, 6) is 4.78. The average Bonchev–Trinajstić information content (AvgIpc) is 2.69. The number of thiazole rings is 1. The van der Waals surface area contributed by atoms with Crippen molar-refractivity contribution in [3.05, 3.63) is 24.3 Å². The van der Waals surface area contributed by atoms with Gasteiger partial charge in [-0.1, -0.05) is 23.5 Å². The van der Waals surface area contributed by atoms with Gasteiger partial charge in [-0.15, -0.1) is 0 Å². The molecule has 0 radical (unpaired) electrons. The molecule has 84 valence electrons. The molecule has 0 fully saturated rings. The number of benzene rings is 1. The van der Waals surface area contributed by atoms with E-state index >= 15 is 0 Å². The number of hydrogen-bond donors (Lipinski definition) is 3. The molecule has 0 aliphatic rings. The molecular weight excluding hydrogens is 224 g/mol. The smallest absolute Gasteiger partial charge is 0.256 e. The predicted octanol–water partition coefficient (Wildman–Crippen LogP) is 1.09. The number of carbonyl (C=O) groups is 1. The van der Waals surface area contributed by atoms with Gasteiger partial charge in [0.15, 0.2) is 5.13 Å². The number of amides is 1. The predicted molar refractivity (Wildman–Crippen MR) is 65.0 cm³/mol. The summed E-state index contributed by atoms with van der Waals surface area (Å²) < 4.78 is 1.09. The Balaban J connectivity index is 2.18. The molecule has 2 rings (SSSR count). The Bertz CT molecular complexity index is 477. The van der Waals surface area contributed by atoms with Gasteiger partial charge in [-0.2, -0.15) is 0 Å². The van der Waals surface area contributed by atoms with Crippen molar-refractivity contribution >= 4 is 32.6 Å². The second-order valence-corrected chi connectivity index (χ2v) is 4.39. The summed E-state index contributed by atoms with van der Waals surface area (Å²) in [5.41, 5.74) is 3.02. The van der Waals surface area contributed by atoms with E-state index in [4.69, 9.17) is 5.84 Å². The van der Waals surface area contributed by atoms with Crippen molar-refractivity contribution < 1.29 is 4.79 Å². The van der Waals surface area contributed by atoms with Gasteiger partial charge in [0, 0.05) is 0 Å². The van der Waals surface area contributed by atoms with Crippen LogP contribution in [0.4, 0.5) is 5.13 Å². The van der Waals surface area contributed by atoms with Gasteiger partial charge in [-0.3, -0.25) is 10.2 Å². The Morgan fingerprint density at radius 1 is 1.50 bits per heavy atom. The summed E-state index contributed by atoms with van der Waals surface area (Å²) >= 11 is 1.51. The van der Waals surface area contributed by atoms with Crippen molar-refractivity contribution in [1.82, 2.24) is 10.4 Å². The molecular formula is C10H12N4OS. The maximum atomic E-state index is 11.2. The van der Waals surface area contributed by atoms with Crippen LogP contribution < -0.4 is 16.6 Å². The summed E-state index contributed by atoms with van der Waals surface area (Å²) in [6.45, 7) is 1.73. The third kappa shape index (κ3) is 2.12. The van der Waals surface area contributed by atoms with Crippen LogP contribution in [0.2, 0.25) is 0 Å². The number of anilines is 1. The number of aromatic nitrogens is 1. The molecule has 1 aromatic heterocycles. The molecule has 0 bridgehead atoms. The first kappa shape index (κ1) is 10.8. The van der Waals surface area contributed by atoms with Crippen molar-refractivity contribution in [2.24, 2.45) is 5.84 Å². The van der Waals surface area contributed by atoms with Crippen LogP contribution in [-0.4, -0.2) is 16.9 Å². The molecule has 1 aromatic carbocycles. The van der Waals surface area contributed by atoms with E-state index in [9.17, 15) is 4.79 Å². The minimum atomic E-state index is -0.398. The second kappa shape index (κ2) is 4.46. The zero-order valence-electron chi connectivity index (χ0n) is 8.73. The molecule has 6 heteroatoms. The third-order valence-electron chi connectivity index (χ3n) is 2.17. The summed E-state index contributed by atoms with van der Waals surface area (Å²) in [6.07, 6.45) is 0. The van der Waals surface area contributed by atoms with Gasteiger partial charge < -0.3 is 5.32 Å². The highest BCUT2D eigenvalue weighted by molar-refractivity contribution is 7.22. The van der Waals surface area contributed by atoms with Gasteiger partial charge in [-0.05, 0) is 19.1 Å². The van der Waals surface area contributed by atoms with Crippen LogP contribution in [0.15, 0.2) is 24.3 Å². The minimum Gasteiger partial charge on any atom is -0.350 e. The lowest BCUT2D eigenvalue weighted by Crippen LogP contribution is -2.41. The highest BCUT2D eigenvalue weighted by Crippen LogP contribution is 2.25. The molecule has 0 saturated heterocycles. The first-order valence-corrected chi connectivity index (χ1v) is 5.65. The number of carbonyl (C=O) groups excluding carboxylic acids is 1. The number of rotatable bonds is 3. The molecule has 1 heterocycles. The van der Waals surface area contributed by atoms with E-state index in [1.807, 2.05) is 24.3 Å². The molecule has 0 aliphatic heterocycles. The molecule has 1 atom stereocenters. The van der Waals surface area contributed by atoms with Gasteiger partial charge in [0.05, 0.1) is 10.2 Å². The van der Waals surface area contributed by atoms with Crippen LogP contribution in [0.5, 0.6) is 0 Å². The fourth-order valence-electron chi connectivity index (χ4n) is 1.31. The van der Waals surface area contributed by atoms with Crippen molar-refractivity contribution in [1.29, 1.82) is 0 Å². The summed E-state index contributed by atoms with van der Waals surface area (Å²) in [6, 6.07) is 7.42. The fourth-order valence-corrected chi connectivity index (χ4v) is 2.26. The minimum absolute atomic E-state index is 0.265. The molecule has 2 aromatic rings. The number of hydrazine groups is 1. The molecule has 0 saturated carbocycles. The Morgan fingerprint density at radius 2 is 2.25 bits per heavy atom. The lowest BCUT2D eigenvalue weighted by Gasteiger charge is -2.09. The van der Waals surface area contributed by atoms with E-state index < -0.39 is 6.04 Å². The lowest BCUT2D eigenvalue weighted by molar-refractivity contribution is -0.121. The molecule has 0 spiro atoms. The quantitative estimate of drug-likeness (QED) is 0.423. The number of nitrogens with two attached hydrogens (primary N) is 1. The van der Waals surface area contributed by atoms with Crippen LogP contribution in [0.25, 0.3) is 10.2 Å². The molecule has 5 nitrogen and oxygen atoms in total. The Kier molecular flexibility index (Phi) is 3.02. The lowest BCUT2D eigenvalue weighted by atomic mass is 10.3. The first-order valence-electron chi connectivity index (χ1n) is 4.83.